The van der Waals surface area contributed by atoms with Crippen LogP contribution < -0.4 is 0 Å². The summed E-state index contributed by atoms with van der Waals surface area (Å²) >= 11 is 6.03. The summed E-state index contributed by atoms with van der Waals surface area (Å²) in [5.41, 5.74) is 2.87. The minimum Gasteiger partial charge on any atom is -0.446 e. The zero-order valence-corrected chi connectivity index (χ0v) is 14.6. The standard InChI is InChI=1S/C19H19ClN2O2/c1-12(2)14-7-9-15(10-8-14)19-22(13(3)23)21-18(24-19)16-5-4-6-17(20)11-16/h4-12,19H,1-3H3/t19-/m1/s1. The summed E-state index contributed by atoms with van der Waals surface area (Å²) in [6.45, 7) is 5.76. The molecule has 5 heteroatoms. The largest absolute Gasteiger partial charge is 0.446 e. The number of hydrogen-bond donors (Lipinski definition) is 0. The van der Waals surface area contributed by atoms with Crippen molar-refractivity contribution in [3.63, 3.8) is 0 Å². The van der Waals surface area contributed by atoms with Crippen LogP contribution in [0.3, 0.4) is 0 Å². The van der Waals surface area contributed by atoms with E-state index in [9.17, 15) is 4.79 Å². The first kappa shape index (κ1) is 16.5. The van der Waals surface area contributed by atoms with Crippen molar-refractivity contribution < 1.29 is 9.53 Å². The minimum atomic E-state index is -0.558. The average molecular weight is 343 g/mol. The molecule has 0 saturated heterocycles. The number of carbonyl (C=O) groups is 1. The zero-order valence-electron chi connectivity index (χ0n) is 13.9. The molecule has 0 saturated carbocycles. The van der Waals surface area contributed by atoms with Gasteiger partial charge in [0.2, 0.25) is 18.0 Å². The van der Waals surface area contributed by atoms with Crippen molar-refractivity contribution in [3.8, 4) is 0 Å². The molecule has 0 aliphatic carbocycles. The van der Waals surface area contributed by atoms with Gasteiger partial charge >= 0.3 is 0 Å². The third-order valence-corrected chi connectivity index (χ3v) is 4.16. The summed E-state index contributed by atoms with van der Waals surface area (Å²) in [5, 5.41) is 6.29. The molecule has 0 spiro atoms. The molecule has 1 amide bonds. The van der Waals surface area contributed by atoms with Crippen LogP contribution in [0.2, 0.25) is 5.02 Å². The number of benzene rings is 2. The summed E-state index contributed by atoms with van der Waals surface area (Å²) in [4.78, 5) is 12.0. The summed E-state index contributed by atoms with van der Waals surface area (Å²) in [6, 6.07) is 15.3. The van der Waals surface area contributed by atoms with Crippen LogP contribution in [0, 0.1) is 0 Å². The van der Waals surface area contributed by atoms with Gasteiger partial charge in [-0.1, -0.05) is 55.8 Å². The molecule has 1 aliphatic rings. The highest BCUT2D eigenvalue weighted by molar-refractivity contribution is 6.31. The predicted octanol–water partition coefficient (Wildman–Crippen LogP) is 4.70. The van der Waals surface area contributed by atoms with Gasteiger partial charge in [-0.3, -0.25) is 4.79 Å². The van der Waals surface area contributed by atoms with E-state index in [1.165, 1.54) is 17.5 Å². The molecular weight excluding hydrogens is 324 g/mol. The second-order valence-electron chi connectivity index (χ2n) is 6.07. The molecule has 0 fully saturated rings. The molecule has 24 heavy (non-hydrogen) atoms. The lowest BCUT2D eigenvalue weighted by Gasteiger charge is -2.19. The summed E-state index contributed by atoms with van der Waals surface area (Å²) in [6.07, 6.45) is -0.558. The first-order valence-electron chi connectivity index (χ1n) is 7.86. The number of nitrogens with zero attached hydrogens (tertiary/aromatic N) is 2. The highest BCUT2D eigenvalue weighted by atomic mass is 35.5. The van der Waals surface area contributed by atoms with E-state index in [4.69, 9.17) is 16.3 Å². The van der Waals surface area contributed by atoms with Gasteiger partial charge in [0.1, 0.15) is 0 Å². The second kappa shape index (κ2) is 6.65. The topological polar surface area (TPSA) is 41.9 Å². The lowest BCUT2D eigenvalue weighted by atomic mass is 10.0. The maximum Gasteiger partial charge on any atom is 0.243 e. The number of halogens is 1. The van der Waals surface area contributed by atoms with Crippen molar-refractivity contribution >= 4 is 23.4 Å². The van der Waals surface area contributed by atoms with E-state index in [1.807, 2.05) is 24.3 Å². The van der Waals surface area contributed by atoms with Gasteiger partial charge in [-0.15, -0.1) is 5.10 Å². The van der Waals surface area contributed by atoms with E-state index in [-0.39, 0.29) is 5.91 Å². The highest BCUT2D eigenvalue weighted by Crippen LogP contribution is 2.31. The van der Waals surface area contributed by atoms with Crippen LogP contribution >= 0.6 is 11.6 Å². The lowest BCUT2D eigenvalue weighted by molar-refractivity contribution is -0.135. The summed E-state index contributed by atoms with van der Waals surface area (Å²) in [7, 11) is 0. The maximum absolute atomic E-state index is 12.0. The van der Waals surface area contributed by atoms with Crippen molar-refractivity contribution in [3.05, 3.63) is 70.2 Å². The number of hydrazone groups is 1. The van der Waals surface area contributed by atoms with Gasteiger partial charge in [0.25, 0.3) is 0 Å². The van der Waals surface area contributed by atoms with Crippen LogP contribution in [0.4, 0.5) is 0 Å². The van der Waals surface area contributed by atoms with Crippen molar-refractivity contribution in [2.24, 2.45) is 5.10 Å². The van der Waals surface area contributed by atoms with E-state index in [0.29, 0.717) is 16.8 Å². The fourth-order valence-corrected chi connectivity index (χ4v) is 2.76. The molecule has 124 valence electrons. The minimum absolute atomic E-state index is 0.176. The Bertz CT molecular complexity index is 784. The quantitative estimate of drug-likeness (QED) is 0.811. The van der Waals surface area contributed by atoms with Gasteiger partial charge in [-0.05, 0) is 29.7 Å². The van der Waals surface area contributed by atoms with Crippen molar-refractivity contribution in [1.29, 1.82) is 0 Å². The SMILES string of the molecule is CC(=O)N1N=C(c2cccc(Cl)c2)O[C@@H]1c1ccc(C(C)C)cc1. The Labute approximate surface area is 146 Å². The first-order chi connectivity index (χ1) is 11.5. The van der Waals surface area contributed by atoms with Crippen molar-refractivity contribution in [2.45, 2.75) is 32.9 Å². The monoisotopic (exact) mass is 342 g/mol. The predicted molar refractivity (Wildman–Crippen MR) is 94.9 cm³/mol. The van der Waals surface area contributed by atoms with Crippen LogP contribution in [0.25, 0.3) is 0 Å². The van der Waals surface area contributed by atoms with Crippen LogP contribution in [0.1, 0.15) is 49.6 Å². The first-order valence-corrected chi connectivity index (χ1v) is 8.24. The Morgan fingerprint density at radius 3 is 2.50 bits per heavy atom. The summed E-state index contributed by atoms with van der Waals surface area (Å²) in [5.74, 6) is 0.668. The van der Waals surface area contributed by atoms with E-state index in [1.54, 1.807) is 12.1 Å². The highest BCUT2D eigenvalue weighted by Gasteiger charge is 2.33. The van der Waals surface area contributed by atoms with Crippen LogP contribution in [0.15, 0.2) is 53.6 Å². The molecule has 4 nitrogen and oxygen atoms in total. The molecule has 1 heterocycles. The number of hydrogen-bond acceptors (Lipinski definition) is 3. The normalized spacial score (nSPS) is 17.0. The number of ether oxygens (including phenoxy) is 1. The van der Waals surface area contributed by atoms with Crippen LogP contribution in [-0.2, 0) is 9.53 Å². The smallest absolute Gasteiger partial charge is 0.243 e. The lowest BCUT2D eigenvalue weighted by Crippen LogP contribution is -2.25. The molecule has 3 rings (SSSR count). The van der Waals surface area contributed by atoms with Gasteiger partial charge < -0.3 is 4.74 Å². The Balaban J connectivity index is 1.90. The molecule has 0 N–H and O–H groups in total. The van der Waals surface area contributed by atoms with E-state index >= 15 is 0 Å². The van der Waals surface area contributed by atoms with Crippen LogP contribution in [0.5, 0.6) is 0 Å². The molecule has 0 unspecified atom stereocenters. The van der Waals surface area contributed by atoms with Gasteiger partial charge in [0.15, 0.2) is 0 Å². The molecule has 1 aliphatic heterocycles. The molecule has 0 radical (unpaired) electrons. The molecule has 1 atom stereocenters. The Kier molecular flexibility index (Phi) is 4.58. The third-order valence-electron chi connectivity index (χ3n) is 3.93. The van der Waals surface area contributed by atoms with E-state index in [2.05, 4.69) is 31.1 Å². The summed E-state index contributed by atoms with van der Waals surface area (Å²) < 4.78 is 5.96. The number of carbonyl (C=O) groups excluding carboxylic acids is 1. The van der Waals surface area contributed by atoms with Gasteiger partial charge in [0, 0.05) is 23.1 Å². The van der Waals surface area contributed by atoms with Crippen LogP contribution in [-0.4, -0.2) is 16.8 Å². The zero-order chi connectivity index (χ0) is 17.3. The molecule has 0 bridgehead atoms. The Morgan fingerprint density at radius 1 is 1.21 bits per heavy atom. The molecule has 2 aromatic rings. The number of rotatable bonds is 3. The number of amides is 1. The molecule has 2 aromatic carbocycles. The van der Waals surface area contributed by atoms with E-state index < -0.39 is 6.23 Å². The third kappa shape index (κ3) is 3.29. The van der Waals surface area contributed by atoms with Crippen molar-refractivity contribution in [1.82, 2.24) is 5.01 Å². The average Bonchev–Trinajstić information content (AvgIpc) is 3.00. The second-order valence-corrected chi connectivity index (χ2v) is 6.51. The van der Waals surface area contributed by atoms with Gasteiger partial charge in [-0.25, -0.2) is 0 Å². The van der Waals surface area contributed by atoms with Gasteiger partial charge in [0.05, 0.1) is 0 Å². The fourth-order valence-electron chi connectivity index (χ4n) is 2.57. The fraction of sp³-hybridized carbons (Fsp3) is 0.263. The van der Waals surface area contributed by atoms with Gasteiger partial charge in [-0.2, -0.15) is 5.01 Å². The van der Waals surface area contributed by atoms with E-state index in [0.717, 1.165) is 11.1 Å². The maximum atomic E-state index is 12.0. The molecular formula is C19H19ClN2O2. The Hall–Kier alpha value is -2.33. The Morgan fingerprint density at radius 2 is 1.92 bits per heavy atom. The van der Waals surface area contributed by atoms with Crippen molar-refractivity contribution in [2.75, 3.05) is 0 Å². The molecule has 0 aromatic heterocycles.